The van der Waals surface area contributed by atoms with Crippen molar-refractivity contribution in [2.24, 2.45) is 0 Å². The van der Waals surface area contributed by atoms with Crippen molar-refractivity contribution in [3.63, 3.8) is 0 Å². The highest BCUT2D eigenvalue weighted by molar-refractivity contribution is 6.30. The zero-order valence-corrected chi connectivity index (χ0v) is 20.1. The molecule has 4 aromatic carbocycles. The number of hydrogen-bond acceptors (Lipinski definition) is 3. The molecule has 0 bridgehead atoms. The number of halogens is 1. The van der Waals surface area contributed by atoms with Gasteiger partial charge in [0.15, 0.2) is 0 Å². The van der Waals surface area contributed by atoms with E-state index < -0.39 is 17.4 Å². The molecule has 0 aliphatic heterocycles. The van der Waals surface area contributed by atoms with E-state index in [0.29, 0.717) is 5.02 Å². The van der Waals surface area contributed by atoms with Crippen LogP contribution in [-0.4, -0.2) is 25.0 Å². The lowest BCUT2D eigenvalue weighted by atomic mass is 9.68. The fourth-order valence-corrected chi connectivity index (χ4v) is 4.54. The molecule has 1 N–H and O–H groups in total. The van der Waals surface area contributed by atoms with Crippen molar-refractivity contribution in [2.75, 3.05) is 7.11 Å². The Morgan fingerprint density at radius 1 is 0.743 bits per heavy atom. The lowest BCUT2D eigenvalue weighted by Gasteiger charge is -2.35. The second kappa shape index (κ2) is 11.0. The predicted molar refractivity (Wildman–Crippen MR) is 138 cm³/mol. The van der Waals surface area contributed by atoms with Crippen molar-refractivity contribution in [1.29, 1.82) is 0 Å². The van der Waals surface area contributed by atoms with Crippen LogP contribution in [0.5, 0.6) is 0 Å². The molecule has 4 rings (SSSR count). The van der Waals surface area contributed by atoms with Crippen LogP contribution in [0.4, 0.5) is 0 Å². The molecule has 1 atom stereocenters. The molecule has 0 aliphatic carbocycles. The summed E-state index contributed by atoms with van der Waals surface area (Å²) in [4.78, 5) is 27.2. The molecule has 1 amide bonds. The van der Waals surface area contributed by atoms with Gasteiger partial charge in [0.2, 0.25) is 5.91 Å². The van der Waals surface area contributed by atoms with Crippen LogP contribution in [0.3, 0.4) is 0 Å². The van der Waals surface area contributed by atoms with E-state index in [0.717, 1.165) is 22.3 Å². The Hall–Kier alpha value is -3.89. The number of rotatable bonds is 8. The number of nitrogens with one attached hydrogen (secondary N) is 1. The summed E-state index contributed by atoms with van der Waals surface area (Å²) in [6.07, 6.45) is 0.268. The Morgan fingerprint density at radius 3 is 1.57 bits per heavy atom. The van der Waals surface area contributed by atoms with Gasteiger partial charge in [0.05, 0.1) is 7.11 Å². The maximum Gasteiger partial charge on any atom is 0.328 e. The van der Waals surface area contributed by atoms with Crippen molar-refractivity contribution in [2.45, 2.75) is 17.9 Å². The van der Waals surface area contributed by atoms with Crippen LogP contribution >= 0.6 is 11.6 Å². The van der Waals surface area contributed by atoms with Crippen LogP contribution in [0.15, 0.2) is 115 Å². The first kappa shape index (κ1) is 24.2. The van der Waals surface area contributed by atoms with E-state index in [1.54, 1.807) is 12.1 Å². The molecule has 0 fully saturated rings. The van der Waals surface area contributed by atoms with Gasteiger partial charge in [-0.1, -0.05) is 115 Å². The van der Waals surface area contributed by atoms with Crippen LogP contribution in [0.1, 0.15) is 22.3 Å². The van der Waals surface area contributed by atoms with E-state index in [-0.39, 0.29) is 12.3 Å². The van der Waals surface area contributed by atoms with E-state index >= 15 is 0 Å². The molecular formula is C30H26ClNO3. The Bertz CT molecular complexity index is 1160. The van der Waals surface area contributed by atoms with Crippen LogP contribution in [0.2, 0.25) is 5.02 Å². The average molecular weight is 484 g/mol. The Balaban J connectivity index is 1.84. The number of carbonyl (C=O) groups excluding carboxylic acids is 2. The molecule has 0 saturated carbocycles. The van der Waals surface area contributed by atoms with Crippen molar-refractivity contribution < 1.29 is 14.3 Å². The largest absolute Gasteiger partial charge is 0.467 e. The summed E-state index contributed by atoms with van der Waals surface area (Å²) in [6.45, 7) is 0. The molecule has 4 aromatic rings. The van der Waals surface area contributed by atoms with Gasteiger partial charge in [0.25, 0.3) is 0 Å². The fourth-order valence-electron chi connectivity index (χ4n) is 4.42. The molecule has 0 aromatic heterocycles. The summed E-state index contributed by atoms with van der Waals surface area (Å²) in [7, 11) is 1.32. The van der Waals surface area contributed by atoms with Gasteiger partial charge in [-0.05, 0) is 34.4 Å². The van der Waals surface area contributed by atoms with Crippen molar-refractivity contribution in [3.8, 4) is 0 Å². The summed E-state index contributed by atoms with van der Waals surface area (Å²) in [5.74, 6) is -0.832. The topological polar surface area (TPSA) is 55.4 Å². The summed E-state index contributed by atoms with van der Waals surface area (Å²) < 4.78 is 5.06. The van der Waals surface area contributed by atoms with Gasteiger partial charge in [-0.15, -0.1) is 0 Å². The molecule has 0 unspecified atom stereocenters. The van der Waals surface area contributed by atoms with Gasteiger partial charge in [-0.3, -0.25) is 4.79 Å². The predicted octanol–water partition coefficient (Wildman–Crippen LogP) is 5.57. The minimum Gasteiger partial charge on any atom is -0.467 e. The SMILES string of the molecule is COC(=O)[C@H](Cc1ccc(Cl)cc1)NC(=O)C(c1ccccc1)(c1ccccc1)c1ccccc1. The first-order valence-corrected chi connectivity index (χ1v) is 11.7. The van der Waals surface area contributed by atoms with E-state index in [1.165, 1.54) is 7.11 Å². The molecule has 4 nitrogen and oxygen atoms in total. The molecule has 176 valence electrons. The Labute approximate surface area is 210 Å². The number of esters is 1. The van der Waals surface area contributed by atoms with Crippen LogP contribution in [0.25, 0.3) is 0 Å². The third-order valence-corrected chi connectivity index (χ3v) is 6.36. The lowest BCUT2D eigenvalue weighted by molar-refractivity contribution is -0.145. The molecule has 0 saturated heterocycles. The summed E-state index contributed by atoms with van der Waals surface area (Å²) in [5.41, 5.74) is 2.06. The van der Waals surface area contributed by atoms with Gasteiger partial charge in [0.1, 0.15) is 11.5 Å². The Kier molecular flexibility index (Phi) is 7.64. The highest BCUT2D eigenvalue weighted by Gasteiger charge is 2.45. The number of benzene rings is 4. The molecule has 0 aliphatic rings. The van der Waals surface area contributed by atoms with Gasteiger partial charge in [-0.25, -0.2) is 4.79 Å². The molecule has 35 heavy (non-hydrogen) atoms. The van der Waals surface area contributed by atoms with Crippen molar-refractivity contribution >= 4 is 23.5 Å². The highest BCUT2D eigenvalue weighted by Crippen LogP contribution is 2.39. The lowest BCUT2D eigenvalue weighted by Crippen LogP contribution is -2.52. The molecule has 0 radical (unpaired) electrons. The maximum absolute atomic E-state index is 14.4. The zero-order valence-electron chi connectivity index (χ0n) is 19.4. The fraction of sp³-hybridized carbons (Fsp3) is 0.133. The second-order valence-corrected chi connectivity index (χ2v) is 8.66. The van der Waals surface area contributed by atoms with Crippen LogP contribution in [-0.2, 0) is 26.2 Å². The Morgan fingerprint density at radius 2 is 1.17 bits per heavy atom. The number of methoxy groups -OCH3 is 1. The first-order valence-electron chi connectivity index (χ1n) is 11.4. The summed E-state index contributed by atoms with van der Waals surface area (Å²) in [5, 5.41) is 3.62. The minimum absolute atomic E-state index is 0.268. The van der Waals surface area contributed by atoms with Crippen LogP contribution in [0, 0.1) is 0 Å². The quantitative estimate of drug-likeness (QED) is 0.263. The van der Waals surface area contributed by atoms with E-state index in [2.05, 4.69) is 5.32 Å². The highest BCUT2D eigenvalue weighted by atomic mass is 35.5. The summed E-state index contributed by atoms with van der Waals surface area (Å²) >= 11 is 6.02. The monoisotopic (exact) mass is 483 g/mol. The number of carbonyl (C=O) groups is 2. The second-order valence-electron chi connectivity index (χ2n) is 8.23. The third kappa shape index (κ3) is 5.13. The number of amides is 1. The average Bonchev–Trinajstić information content (AvgIpc) is 2.91. The van der Waals surface area contributed by atoms with Crippen molar-refractivity contribution in [1.82, 2.24) is 5.32 Å². The normalized spacial score (nSPS) is 11.9. The third-order valence-electron chi connectivity index (χ3n) is 6.11. The zero-order chi connectivity index (χ0) is 24.7. The van der Waals surface area contributed by atoms with Gasteiger partial charge < -0.3 is 10.1 Å². The van der Waals surface area contributed by atoms with Gasteiger partial charge in [-0.2, -0.15) is 0 Å². The number of ether oxygens (including phenoxy) is 1. The standard InChI is InChI=1S/C30H26ClNO3/c1-35-28(33)27(21-22-17-19-26(31)20-18-22)32-29(34)30(23-11-5-2-6-12-23,24-13-7-3-8-14-24)25-15-9-4-10-16-25/h2-20,27H,21H2,1H3,(H,32,34)/t27-/m0/s1. The number of hydrogen-bond donors (Lipinski definition) is 1. The maximum atomic E-state index is 14.4. The van der Waals surface area contributed by atoms with E-state index in [4.69, 9.17) is 16.3 Å². The molecular weight excluding hydrogens is 458 g/mol. The molecule has 0 spiro atoms. The molecule has 5 heteroatoms. The van der Waals surface area contributed by atoms with Crippen molar-refractivity contribution in [3.05, 3.63) is 143 Å². The minimum atomic E-state index is -1.18. The van der Waals surface area contributed by atoms with Crippen LogP contribution < -0.4 is 5.32 Å². The van der Waals surface area contributed by atoms with E-state index in [1.807, 2.05) is 103 Å². The van der Waals surface area contributed by atoms with Gasteiger partial charge in [0, 0.05) is 11.4 Å². The summed E-state index contributed by atoms with van der Waals surface area (Å²) in [6, 6.07) is 35.1. The smallest absolute Gasteiger partial charge is 0.328 e. The molecule has 0 heterocycles. The first-order chi connectivity index (χ1) is 17.1. The van der Waals surface area contributed by atoms with E-state index in [9.17, 15) is 9.59 Å². The van der Waals surface area contributed by atoms with Gasteiger partial charge >= 0.3 is 5.97 Å².